The van der Waals surface area contributed by atoms with Crippen LogP contribution in [-0.4, -0.2) is 33.0 Å². The number of ether oxygens (including phenoxy) is 1. The Hall–Kier alpha value is -2.64. The quantitative estimate of drug-likeness (QED) is 0.293. The van der Waals surface area contributed by atoms with Crippen LogP contribution in [0.3, 0.4) is 0 Å². The lowest BCUT2D eigenvalue weighted by molar-refractivity contribution is -0.144. The van der Waals surface area contributed by atoms with Crippen molar-refractivity contribution >= 4 is 23.1 Å². The number of piperidine rings is 1. The lowest BCUT2D eigenvalue weighted by atomic mass is 9.81. The van der Waals surface area contributed by atoms with Crippen molar-refractivity contribution in [2.24, 2.45) is 5.41 Å². The van der Waals surface area contributed by atoms with Crippen LogP contribution in [0, 0.1) is 5.41 Å². The molecule has 1 atom stereocenters. The molecule has 0 radical (unpaired) electrons. The molecule has 1 aliphatic heterocycles. The molecule has 0 aliphatic carbocycles. The molecule has 1 fully saturated rings. The highest BCUT2D eigenvalue weighted by Crippen LogP contribution is 2.40. The van der Waals surface area contributed by atoms with Crippen molar-refractivity contribution in [3.8, 4) is 0 Å². The molecule has 3 nitrogen and oxygen atoms in total. The number of benzene rings is 3. The first-order valence-corrected chi connectivity index (χ1v) is 13.2. The van der Waals surface area contributed by atoms with Gasteiger partial charge in [0.25, 0.3) is 0 Å². The standard InChI is InChI=1S/C29H33F3N2OS/c1-28(21-35-2)16-18-34(19-17-28)26-11-7-6-10-25(26)33-27(29(30,31)32)23-12-14-24(15-13-23)36-20-22-8-4-3-5-9-22/h3-15,27,33H,16-21H2,1-2H3. The smallest absolute Gasteiger partial charge is 0.384 e. The third kappa shape index (κ3) is 6.77. The number of halogens is 3. The Morgan fingerprint density at radius 2 is 1.58 bits per heavy atom. The van der Waals surface area contributed by atoms with Crippen LogP contribution < -0.4 is 10.2 Å². The largest absolute Gasteiger partial charge is 0.412 e. The number of nitrogens with one attached hydrogen (secondary N) is 1. The normalized spacial score (nSPS) is 16.5. The first-order chi connectivity index (χ1) is 17.3. The highest BCUT2D eigenvalue weighted by atomic mass is 32.2. The van der Waals surface area contributed by atoms with Crippen molar-refractivity contribution in [3.05, 3.63) is 90.0 Å². The molecule has 0 aromatic heterocycles. The number of thioether (sulfide) groups is 1. The van der Waals surface area contributed by atoms with Gasteiger partial charge in [0.15, 0.2) is 0 Å². The molecule has 0 saturated carbocycles. The topological polar surface area (TPSA) is 24.5 Å². The number of rotatable bonds is 9. The van der Waals surface area contributed by atoms with Crippen LogP contribution >= 0.6 is 11.8 Å². The van der Waals surface area contributed by atoms with Gasteiger partial charge in [0, 0.05) is 30.8 Å². The minimum Gasteiger partial charge on any atom is -0.384 e. The van der Waals surface area contributed by atoms with Crippen molar-refractivity contribution in [2.45, 2.75) is 42.6 Å². The van der Waals surface area contributed by atoms with Crippen LogP contribution in [0.25, 0.3) is 0 Å². The van der Waals surface area contributed by atoms with Gasteiger partial charge in [0.2, 0.25) is 0 Å². The predicted molar refractivity (Wildman–Crippen MR) is 143 cm³/mol. The van der Waals surface area contributed by atoms with E-state index < -0.39 is 12.2 Å². The van der Waals surface area contributed by atoms with Gasteiger partial charge in [-0.25, -0.2) is 0 Å². The first-order valence-electron chi connectivity index (χ1n) is 12.2. The third-order valence-electron chi connectivity index (χ3n) is 6.80. The van der Waals surface area contributed by atoms with E-state index in [1.165, 1.54) is 5.56 Å². The van der Waals surface area contributed by atoms with Gasteiger partial charge in [-0.1, -0.05) is 61.5 Å². The molecule has 0 amide bonds. The molecule has 3 aromatic rings. The van der Waals surface area contributed by atoms with Crippen LogP contribution in [0.1, 0.15) is 36.9 Å². The van der Waals surface area contributed by atoms with Crippen molar-refractivity contribution in [1.29, 1.82) is 0 Å². The maximum atomic E-state index is 14.2. The molecular formula is C29H33F3N2OS. The number of para-hydroxylation sites is 2. The number of hydrogen-bond acceptors (Lipinski definition) is 4. The number of alkyl halides is 3. The Morgan fingerprint density at radius 1 is 0.944 bits per heavy atom. The molecule has 4 rings (SSSR count). The zero-order valence-corrected chi connectivity index (χ0v) is 21.5. The number of hydrogen-bond donors (Lipinski definition) is 1. The van der Waals surface area contributed by atoms with Gasteiger partial charge >= 0.3 is 6.18 Å². The molecule has 7 heteroatoms. The summed E-state index contributed by atoms with van der Waals surface area (Å²) >= 11 is 1.61. The van der Waals surface area contributed by atoms with Crippen LogP contribution in [0.15, 0.2) is 83.8 Å². The summed E-state index contributed by atoms with van der Waals surface area (Å²) in [6.45, 7) is 4.46. The average molecular weight is 515 g/mol. The molecule has 0 bridgehead atoms. The second-order valence-corrected chi connectivity index (χ2v) is 10.8. The van der Waals surface area contributed by atoms with Gasteiger partial charge in [-0.3, -0.25) is 0 Å². The number of nitrogens with zero attached hydrogens (tertiary/aromatic N) is 1. The second-order valence-electron chi connectivity index (χ2n) is 9.71. The molecule has 36 heavy (non-hydrogen) atoms. The van der Waals surface area contributed by atoms with Crippen LogP contribution in [-0.2, 0) is 10.5 Å². The second kappa shape index (κ2) is 11.6. The zero-order valence-electron chi connectivity index (χ0n) is 20.7. The van der Waals surface area contributed by atoms with E-state index in [1.807, 2.05) is 42.5 Å². The first kappa shape index (κ1) is 26.4. The number of anilines is 2. The molecule has 1 heterocycles. The molecule has 0 spiro atoms. The summed E-state index contributed by atoms with van der Waals surface area (Å²) in [6, 6.07) is 22.2. The minimum atomic E-state index is -4.44. The zero-order chi connectivity index (χ0) is 25.6. The summed E-state index contributed by atoms with van der Waals surface area (Å²) < 4.78 is 48.1. The van der Waals surface area contributed by atoms with Crippen molar-refractivity contribution in [3.63, 3.8) is 0 Å². The van der Waals surface area contributed by atoms with E-state index in [4.69, 9.17) is 4.74 Å². The lowest BCUT2D eigenvalue weighted by Crippen LogP contribution is -2.41. The molecule has 1 N–H and O–H groups in total. The molecule has 1 aliphatic rings. The van der Waals surface area contributed by atoms with Crippen LogP contribution in [0.5, 0.6) is 0 Å². The average Bonchev–Trinajstić information content (AvgIpc) is 2.87. The van der Waals surface area contributed by atoms with E-state index in [-0.39, 0.29) is 11.0 Å². The summed E-state index contributed by atoms with van der Waals surface area (Å²) in [7, 11) is 1.71. The van der Waals surface area contributed by atoms with Crippen molar-refractivity contribution in [1.82, 2.24) is 0 Å². The summed E-state index contributed by atoms with van der Waals surface area (Å²) in [5.74, 6) is 0.772. The third-order valence-corrected chi connectivity index (χ3v) is 7.88. The molecule has 3 aromatic carbocycles. The number of methoxy groups -OCH3 is 1. The van der Waals surface area contributed by atoms with E-state index in [1.54, 1.807) is 55.3 Å². The summed E-state index contributed by atoms with van der Waals surface area (Å²) in [6.07, 6.45) is -2.58. The summed E-state index contributed by atoms with van der Waals surface area (Å²) in [5, 5.41) is 2.83. The fraction of sp³-hybridized carbons (Fsp3) is 0.379. The fourth-order valence-electron chi connectivity index (χ4n) is 4.66. The Kier molecular flexibility index (Phi) is 8.52. The fourth-order valence-corrected chi connectivity index (χ4v) is 5.51. The van der Waals surface area contributed by atoms with Gasteiger partial charge in [-0.05, 0) is 53.6 Å². The van der Waals surface area contributed by atoms with Gasteiger partial charge in [-0.15, -0.1) is 11.8 Å². The lowest BCUT2D eigenvalue weighted by Gasteiger charge is -2.41. The maximum Gasteiger partial charge on any atom is 0.412 e. The highest BCUT2D eigenvalue weighted by molar-refractivity contribution is 7.98. The van der Waals surface area contributed by atoms with Crippen LogP contribution in [0.4, 0.5) is 24.5 Å². The molecule has 1 saturated heterocycles. The van der Waals surface area contributed by atoms with Gasteiger partial charge in [0.05, 0.1) is 18.0 Å². The van der Waals surface area contributed by atoms with Crippen molar-refractivity contribution in [2.75, 3.05) is 37.0 Å². The van der Waals surface area contributed by atoms with E-state index in [0.717, 1.165) is 42.3 Å². The Morgan fingerprint density at radius 3 is 2.22 bits per heavy atom. The van der Waals surface area contributed by atoms with Crippen LogP contribution in [0.2, 0.25) is 0 Å². The predicted octanol–water partition coefficient (Wildman–Crippen LogP) is 7.95. The monoisotopic (exact) mass is 514 g/mol. The minimum absolute atomic E-state index is 0.0996. The van der Waals surface area contributed by atoms with Gasteiger partial charge < -0.3 is 15.0 Å². The van der Waals surface area contributed by atoms with E-state index in [2.05, 4.69) is 17.1 Å². The van der Waals surface area contributed by atoms with E-state index in [0.29, 0.717) is 12.3 Å². The molecule has 192 valence electrons. The highest BCUT2D eigenvalue weighted by Gasteiger charge is 2.41. The Balaban J connectivity index is 1.48. The Labute approximate surface area is 216 Å². The maximum absolute atomic E-state index is 14.2. The van der Waals surface area contributed by atoms with Crippen molar-refractivity contribution < 1.29 is 17.9 Å². The summed E-state index contributed by atoms with van der Waals surface area (Å²) in [5.41, 5.74) is 2.78. The Bertz CT molecular complexity index is 1100. The van der Waals surface area contributed by atoms with E-state index >= 15 is 0 Å². The van der Waals surface area contributed by atoms with E-state index in [9.17, 15) is 13.2 Å². The van der Waals surface area contributed by atoms with Gasteiger partial charge in [0.1, 0.15) is 6.04 Å². The molecule has 1 unspecified atom stereocenters. The summed E-state index contributed by atoms with van der Waals surface area (Å²) in [4.78, 5) is 3.12. The SMILES string of the molecule is COCC1(C)CCN(c2ccccc2NC(c2ccc(SCc3ccccc3)cc2)C(F)(F)F)CC1. The van der Waals surface area contributed by atoms with Gasteiger partial charge in [-0.2, -0.15) is 13.2 Å². The molecular weight excluding hydrogens is 481 g/mol.